The average molecular weight is 340 g/mol. The van der Waals surface area contributed by atoms with E-state index in [4.69, 9.17) is 0 Å². The maximum Gasteiger partial charge on any atom is 0.290 e. The molecule has 0 saturated carbocycles. The second kappa shape index (κ2) is 6.83. The second-order valence-electron chi connectivity index (χ2n) is 5.02. The molecule has 0 atom stereocenters. The summed E-state index contributed by atoms with van der Waals surface area (Å²) in [5.74, 6) is -2.05. The Balaban J connectivity index is 1.68. The van der Waals surface area contributed by atoms with Crippen LogP contribution in [0.25, 0.3) is 5.69 Å². The summed E-state index contributed by atoms with van der Waals surface area (Å²) in [4.78, 5) is 23.9. The van der Waals surface area contributed by atoms with Gasteiger partial charge in [0.15, 0.2) is 5.69 Å². The van der Waals surface area contributed by atoms with E-state index in [9.17, 15) is 19.1 Å². The van der Waals surface area contributed by atoms with Gasteiger partial charge in [0.2, 0.25) is 0 Å². The van der Waals surface area contributed by atoms with Crippen molar-refractivity contribution in [3.63, 3.8) is 0 Å². The van der Waals surface area contributed by atoms with Crippen LogP contribution in [0.2, 0.25) is 0 Å². The molecular formula is C17H13FN4O3. The molecule has 1 heterocycles. The van der Waals surface area contributed by atoms with Crippen LogP contribution in [-0.2, 0) is 0 Å². The van der Waals surface area contributed by atoms with Crippen molar-refractivity contribution in [2.45, 2.75) is 0 Å². The van der Waals surface area contributed by atoms with Crippen LogP contribution in [0.1, 0.15) is 20.8 Å². The van der Waals surface area contributed by atoms with E-state index < -0.39 is 17.6 Å². The van der Waals surface area contributed by atoms with Gasteiger partial charge in [-0.15, -0.1) is 0 Å². The molecule has 0 bridgehead atoms. The number of nitrogens with zero attached hydrogens (tertiary/aromatic N) is 2. The van der Waals surface area contributed by atoms with Crippen molar-refractivity contribution in [3.05, 3.63) is 77.9 Å². The molecule has 1 aromatic heterocycles. The van der Waals surface area contributed by atoms with Crippen LogP contribution in [0.15, 0.2) is 60.8 Å². The van der Waals surface area contributed by atoms with Gasteiger partial charge in [-0.1, -0.05) is 24.3 Å². The fraction of sp³-hybridized carbons (Fsp3) is 0. The van der Waals surface area contributed by atoms with Crippen LogP contribution in [0, 0.1) is 5.82 Å². The first-order valence-electron chi connectivity index (χ1n) is 7.25. The lowest BCUT2D eigenvalue weighted by molar-refractivity contribution is 0.0842. The number of rotatable bonds is 3. The molecule has 0 aliphatic heterocycles. The van der Waals surface area contributed by atoms with Crippen LogP contribution in [-0.4, -0.2) is 26.7 Å². The number of nitrogens with one attached hydrogen (secondary N) is 2. The van der Waals surface area contributed by atoms with Crippen molar-refractivity contribution in [2.24, 2.45) is 0 Å². The summed E-state index contributed by atoms with van der Waals surface area (Å²) in [7, 11) is 0. The smallest absolute Gasteiger partial charge is 0.290 e. The van der Waals surface area contributed by atoms with Gasteiger partial charge < -0.3 is 5.11 Å². The zero-order valence-electron chi connectivity index (χ0n) is 12.8. The number of hydrogen-bond acceptors (Lipinski definition) is 4. The Hall–Kier alpha value is -3.68. The minimum absolute atomic E-state index is 0.0131. The summed E-state index contributed by atoms with van der Waals surface area (Å²) in [5.41, 5.74) is 4.56. The van der Waals surface area contributed by atoms with E-state index in [1.54, 1.807) is 24.3 Å². The Bertz CT molecular complexity index is 939. The normalized spacial score (nSPS) is 10.3. The fourth-order valence-corrected chi connectivity index (χ4v) is 2.13. The number of hydrazine groups is 1. The largest absolute Gasteiger partial charge is 0.507 e. The molecule has 0 spiro atoms. The Kier molecular flexibility index (Phi) is 4.42. The molecular weight excluding hydrogens is 327 g/mol. The molecule has 8 heteroatoms. The highest BCUT2D eigenvalue weighted by atomic mass is 19.1. The maximum absolute atomic E-state index is 13.7. The fourth-order valence-electron chi connectivity index (χ4n) is 2.13. The first-order chi connectivity index (χ1) is 12.1. The van der Waals surface area contributed by atoms with Crippen LogP contribution in [0.3, 0.4) is 0 Å². The highest BCUT2D eigenvalue weighted by Crippen LogP contribution is 2.15. The number of carbonyl (C=O) groups is 2. The molecule has 0 radical (unpaired) electrons. The minimum Gasteiger partial charge on any atom is -0.507 e. The molecule has 2 amide bonds. The van der Waals surface area contributed by atoms with Crippen molar-refractivity contribution < 1.29 is 19.1 Å². The van der Waals surface area contributed by atoms with Gasteiger partial charge in [-0.2, -0.15) is 5.10 Å². The van der Waals surface area contributed by atoms with E-state index in [-0.39, 0.29) is 22.7 Å². The lowest BCUT2D eigenvalue weighted by Gasteiger charge is -2.07. The van der Waals surface area contributed by atoms with Gasteiger partial charge in [-0.05, 0) is 30.3 Å². The van der Waals surface area contributed by atoms with Gasteiger partial charge >= 0.3 is 0 Å². The third kappa shape index (κ3) is 3.47. The number of phenolic OH excluding ortho intramolecular Hbond substituents is 1. The van der Waals surface area contributed by atoms with Gasteiger partial charge in [0, 0.05) is 6.20 Å². The number of halogens is 1. The summed E-state index contributed by atoms with van der Waals surface area (Å²) < 4.78 is 14.9. The molecule has 126 valence electrons. The molecule has 0 aliphatic carbocycles. The van der Waals surface area contributed by atoms with Crippen LogP contribution in [0.5, 0.6) is 5.75 Å². The number of carbonyl (C=O) groups excluding carboxylic acids is 2. The van der Waals surface area contributed by atoms with Gasteiger partial charge in [-0.25, -0.2) is 9.07 Å². The number of phenols is 1. The van der Waals surface area contributed by atoms with E-state index in [0.717, 1.165) is 0 Å². The van der Waals surface area contributed by atoms with E-state index in [0.29, 0.717) is 0 Å². The summed E-state index contributed by atoms with van der Waals surface area (Å²) in [6.07, 6.45) is 1.43. The molecule has 2 aromatic carbocycles. The van der Waals surface area contributed by atoms with Crippen LogP contribution >= 0.6 is 0 Å². The summed E-state index contributed by atoms with van der Waals surface area (Å²) >= 11 is 0. The topological polar surface area (TPSA) is 96.3 Å². The second-order valence-corrected chi connectivity index (χ2v) is 5.02. The standard InChI is InChI=1S/C17H13FN4O3/c18-12-6-2-3-7-14(12)22-10-9-13(21-22)17(25)20-19-16(24)11-5-1-4-8-15(11)23/h1-10,23H,(H,19,24)(H,20,25). The molecule has 3 N–H and O–H groups in total. The zero-order valence-corrected chi connectivity index (χ0v) is 12.8. The molecule has 0 saturated heterocycles. The Labute approximate surface area is 141 Å². The molecule has 7 nitrogen and oxygen atoms in total. The number of para-hydroxylation sites is 2. The number of aromatic hydroxyl groups is 1. The number of benzene rings is 2. The Morgan fingerprint density at radius 3 is 2.40 bits per heavy atom. The van der Waals surface area contributed by atoms with E-state index in [2.05, 4.69) is 16.0 Å². The Morgan fingerprint density at radius 2 is 1.64 bits per heavy atom. The molecule has 3 aromatic rings. The van der Waals surface area contributed by atoms with E-state index in [1.165, 1.54) is 41.2 Å². The molecule has 0 aliphatic rings. The van der Waals surface area contributed by atoms with Gasteiger partial charge in [-0.3, -0.25) is 20.4 Å². The molecule has 3 rings (SSSR count). The average Bonchev–Trinajstić information content (AvgIpc) is 3.10. The van der Waals surface area contributed by atoms with Gasteiger partial charge in [0.25, 0.3) is 11.8 Å². The molecule has 0 fully saturated rings. The van der Waals surface area contributed by atoms with E-state index >= 15 is 0 Å². The van der Waals surface area contributed by atoms with Crippen molar-refractivity contribution in [1.82, 2.24) is 20.6 Å². The summed E-state index contributed by atoms with van der Waals surface area (Å²) in [5, 5.41) is 13.6. The summed E-state index contributed by atoms with van der Waals surface area (Å²) in [6, 6.07) is 13.3. The summed E-state index contributed by atoms with van der Waals surface area (Å²) in [6.45, 7) is 0. The first kappa shape index (κ1) is 16.2. The number of hydrogen-bond donors (Lipinski definition) is 3. The predicted molar refractivity (Wildman–Crippen MR) is 86.6 cm³/mol. The Morgan fingerprint density at radius 1 is 0.960 bits per heavy atom. The van der Waals surface area contributed by atoms with Crippen molar-refractivity contribution in [3.8, 4) is 11.4 Å². The predicted octanol–water partition coefficient (Wildman–Crippen LogP) is 1.79. The lowest BCUT2D eigenvalue weighted by Crippen LogP contribution is -2.41. The third-order valence-electron chi connectivity index (χ3n) is 3.36. The monoisotopic (exact) mass is 340 g/mol. The number of amides is 2. The highest BCUT2D eigenvalue weighted by Gasteiger charge is 2.14. The zero-order chi connectivity index (χ0) is 17.8. The van der Waals surface area contributed by atoms with Crippen molar-refractivity contribution in [2.75, 3.05) is 0 Å². The SMILES string of the molecule is O=C(NNC(=O)c1ccccc1O)c1ccn(-c2ccccc2F)n1. The molecule has 25 heavy (non-hydrogen) atoms. The third-order valence-corrected chi connectivity index (χ3v) is 3.36. The molecule has 0 unspecified atom stereocenters. The van der Waals surface area contributed by atoms with Crippen LogP contribution in [0.4, 0.5) is 4.39 Å². The van der Waals surface area contributed by atoms with Crippen LogP contribution < -0.4 is 10.9 Å². The first-order valence-corrected chi connectivity index (χ1v) is 7.25. The highest BCUT2D eigenvalue weighted by molar-refractivity contribution is 5.99. The quantitative estimate of drug-likeness (QED) is 0.633. The van der Waals surface area contributed by atoms with Gasteiger partial charge in [0.05, 0.1) is 5.56 Å². The van der Waals surface area contributed by atoms with Gasteiger partial charge in [0.1, 0.15) is 17.3 Å². The van der Waals surface area contributed by atoms with Crippen molar-refractivity contribution in [1.29, 1.82) is 0 Å². The lowest BCUT2D eigenvalue weighted by atomic mass is 10.2. The van der Waals surface area contributed by atoms with Crippen molar-refractivity contribution >= 4 is 11.8 Å². The number of aromatic nitrogens is 2. The maximum atomic E-state index is 13.7. The van der Waals surface area contributed by atoms with E-state index in [1.807, 2.05) is 0 Å². The minimum atomic E-state index is -0.682.